The molecule has 1 heterocycles. The summed E-state index contributed by atoms with van der Waals surface area (Å²) in [7, 11) is 0. The lowest BCUT2D eigenvalue weighted by Crippen LogP contribution is -2.29. The van der Waals surface area contributed by atoms with Crippen LogP contribution in [0.1, 0.15) is 11.1 Å². The Morgan fingerprint density at radius 3 is 2.71 bits per heavy atom. The Labute approximate surface area is 119 Å². The summed E-state index contributed by atoms with van der Waals surface area (Å²) < 4.78 is 37.8. The SMILES string of the molecule is ONC1Cc2ccc(OCc3c(F)cccc3F)cc2O1. The number of ether oxygens (including phenoxy) is 2. The van der Waals surface area contributed by atoms with Gasteiger partial charge in [0.15, 0.2) is 6.23 Å². The number of halogens is 2. The summed E-state index contributed by atoms with van der Waals surface area (Å²) in [6, 6.07) is 8.79. The minimum atomic E-state index is -0.642. The Balaban J connectivity index is 1.73. The molecule has 2 aromatic rings. The van der Waals surface area contributed by atoms with Crippen molar-refractivity contribution < 1.29 is 23.5 Å². The summed E-state index contributed by atoms with van der Waals surface area (Å²) in [5.74, 6) is -0.267. The van der Waals surface area contributed by atoms with Crippen molar-refractivity contribution in [2.45, 2.75) is 19.3 Å². The molecule has 2 N–H and O–H groups in total. The van der Waals surface area contributed by atoms with Crippen molar-refractivity contribution in [1.29, 1.82) is 0 Å². The Bertz CT molecular complexity index is 643. The molecule has 0 spiro atoms. The lowest BCUT2D eigenvalue weighted by Gasteiger charge is -2.10. The van der Waals surface area contributed by atoms with Crippen molar-refractivity contribution in [2.24, 2.45) is 0 Å². The monoisotopic (exact) mass is 293 g/mol. The highest BCUT2D eigenvalue weighted by Crippen LogP contribution is 2.32. The molecule has 3 rings (SSSR count). The molecule has 0 aliphatic carbocycles. The van der Waals surface area contributed by atoms with Gasteiger partial charge in [-0.1, -0.05) is 12.1 Å². The van der Waals surface area contributed by atoms with Crippen LogP contribution in [0.2, 0.25) is 0 Å². The van der Waals surface area contributed by atoms with E-state index in [0.717, 1.165) is 5.56 Å². The Morgan fingerprint density at radius 1 is 1.24 bits per heavy atom. The lowest BCUT2D eigenvalue weighted by atomic mass is 10.1. The largest absolute Gasteiger partial charge is 0.489 e. The van der Waals surface area contributed by atoms with Crippen LogP contribution in [0.25, 0.3) is 0 Å². The molecule has 1 atom stereocenters. The summed E-state index contributed by atoms with van der Waals surface area (Å²) in [4.78, 5) is 0. The van der Waals surface area contributed by atoms with Gasteiger partial charge < -0.3 is 14.7 Å². The van der Waals surface area contributed by atoms with Gasteiger partial charge in [0.05, 0.1) is 5.56 Å². The molecule has 1 aliphatic rings. The molecular formula is C15H13F2NO3. The first-order valence-electron chi connectivity index (χ1n) is 6.42. The summed E-state index contributed by atoms with van der Waals surface area (Å²) in [6.45, 7) is -0.209. The first-order chi connectivity index (χ1) is 10.2. The average Bonchev–Trinajstić information content (AvgIpc) is 2.89. The number of rotatable bonds is 4. The summed E-state index contributed by atoms with van der Waals surface area (Å²) >= 11 is 0. The van der Waals surface area contributed by atoms with Crippen LogP contribution in [0.4, 0.5) is 8.78 Å². The standard InChI is InChI=1S/C15H13F2NO3/c16-12-2-1-3-13(17)11(12)8-20-10-5-4-9-6-15(18-19)21-14(9)7-10/h1-5,7,15,18-19H,6,8H2. The number of hydroxylamine groups is 1. The first kappa shape index (κ1) is 13.8. The smallest absolute Gasteiger partial charge is 0.175 e. The molecule has 0 saturated carbocycles. The van der Waals surface area contributed by atoms with Gasteiger partial charge in [-0.3, -0.25) is 0 Å². The fraction of sp³-hybridized carbons (Fsp3) is 0.200. The van der Waals surface area contributed by atoms with Crippen LogP contribution in [-0.2, 0) is 13.0 Å². The van der Waals surface area contributed by atoms with Gasteiger partial charge in [0.2, 0.25) is 0 Å². The molecule has 0 amide bonds. The van der Waals surface area contributed by atoms with Crippen molar-refractivity contribution in [3.8, 4) is 11.5 Å². The number of fused-ring (bicyclic) bond motifs is 1. The highest BCUT2D eigenvalue weighted by atomic mass is 19.1. The molecule has 0 bridgehead atoms. The van der Waals surface area contributed by atoms with Crippen molar-refractivity contribution in [3.63, 3.8) is 0 Å². The van der Waals surface area contributed by atoms with Crippen LogP contribution in [-0.4, -0.2) is 11.4 Å². The zero-order valence-corrected chi connectivity index (χ0v) is 11.0. The van der Waals surface area contributed by atoms with Gasteiger partial charge in [0.1, 0.15) is 29.7 Å². The topological polar surface area (TPSA) is 50.7 Å². The van der Waals surface area contributed by atoms with Gasteiger partial charge in [-0.25, -0.2) is 8.78 Å². The summed E-state index contributed by atoms with van der Waals surface area (Å²) in [5.41, 5.74) is 2.85. The van der Waals surface area contributed by atoms with Crippen LogP contribution in [0.5, 0.6) is 11.5 Å². The summed E-state index contributed by atoms with van der Waals surface area (Å²) in [6.07, 6.45) is 0.0490. The van der Waals surface area contributed by atoms with Gasteiger partial charge in [-0.2, -0.15) is 5.48 Å². The fourth-order valence-electron chi connectivity index (χ4n) is 2.20. The molecular weight excluding hydrogens is 280 g/mol. The van der Waals surface area contributed by atoms with Crippen LogP contribution in [0.3, 0.4) is 0 Å². The molecule has 21 heavy (non-hydrogen) atoms. The van der Waals surface area contributed by atoms with Gasteiger partial charge in [0, 0.05) is 12.5 Å². The molecule has 1 aliphatic heterocycles. The van der Waals surface area contributed by atoms with E-state index >= 15 is 0 Å². The van der Waals surface area contributed by atoms with Gasteiger partial charge >= 0.3 is 0 Å². The maximum Gasteiger partial charge on any atom is 0.175 e. The van der Waals surface area contributed by atoms with Crippen molar-refractivity contribution in [1.82, 2.24) is 5.48 Å². The van der Waals surface area contributed by atoms with Gasteiger partial charge in [-0.05, 0) is 23.8 Å². The number of benzene rings is 2. The van der Waals surface area contributed by atoms with E-state index in [2.05, 4.69) is 0 Å². The quantitative estimate of drug-likeness (QED) is 0.851. The van der Waals surface area contributed by atoms with E-state index in [0.29, 0.717) is 17.9 Å². The predicted molar refractivity (Wildman–Crippen MR) is 70.2 cm³/mol. The third kappa shape index (κ3) is 2.81. The van der Waals surface area contributed by atoms with E-state index < -0.39 is 17.9 Å². The van der Waals surface area contributed by atoms with Crippen LogP contribution in [0, 0.1) is 11.6 Å². The van der Waals surface area contributed by atoms with Gasteiger partial charge in [0.25, 0.3) is 0 Å². The zero-order valence-electron chi connectivity index (χ0n) is 11.0. The lowest BCUT2D eigenvalue weighted by molar-refractivity contribution is 0.0323. The van der Waals surface area contributed by atoms with Crippen LogP contribution < -0.4 is 15.0 Å². The van der Waals surface area contributed by atoms with E-state index in [4.69, 9.17) is 14.7 Å². The zero-order chi connectivity index (χ0) is 14.8. The van der Waals surface area contributed by atoms with Crippen molar-refractivity contribution in [2.75, 3.05) is 0 Å². The minimum absolute atomic E-state index is 0.117. The fourth-order valence-corrected chi connectivity index (χ4v) is 2.20. The third-order valence-corrected chi connectivity index (χ3v) is 3.30. The second-order valence-electron chi connectivity index (χ2n) is 4.70. The molecule has 0 saturated heterocycles. The third-order valence-electron chi connectivity index (χ3n) is 3.30. The highest BCUT2D eigenvalue weighted by molar-refractivity contribution is 5.43. The maximum absolute atomic E-state index is 13.5. The normalized spacial score (nSPS) is 16.4. The maximum atomic E-state index is 13.5. The molecule has 4 nitrogen and oxygen atoms in total. The molecule has 0 radical (unpaired) electrons. The first-order valence-corrected chi connectivity index (χ1v) is 6.42. The molecule has 2 aromatic carbocycles. The molecule has 0 fully saturated rings. The molecule has 0 aromatic heterocycles. The van der Waals surface area contributed by atoms with Gasteiger partial charge in [-0.15, -0.1) is 0 Å². The van der Waals surface area contributed by atoms with E-state index in [9.17, 15) is 8.78 Å². The van der Waals surface area contributed by atoms with E-state index in [1.165, 1.54) is 18.2 Å². The van der Waals surface area contributed by atoms with E-state index in [1.807, 2.05) is 5.48 Å². The summed E-state index contributed by atoms with van der Waals surface area (Å²) in [5, 5.41) is 8.83. The minimum Gasteiger partial charge on any atom is -0.489 e. The van der Waals surface area contributed by atoms with E-state index in [1.54, 1.807) is 18.2 Å². The highest BCUT2D eigenvalue weighted by Gasteiger charge is 2.22. The predicted octanol–water partition coefficient (Wildman–Crippen LogP) is 2.78. The number of nitrogens with one attached hydrogen (secondary N) is 1. The Kier molecular flexibility index (Phi) is 3.72. The average molecular weight is 293 g/mol. The van der Waals surface area contributed by atoms with E-state index in [-0.39, 0.29) is 12.2 Å². The van der Waals surface area contributed by atoms with Crippen LogP contribution >= 0.6 is 0 Å². The van der Waals surface area contributed by atoms with Crippen LogP contribution in [0.15, 0.2) is 36.4 Å². The second-order valence-corrected chi connectivity index (χ2v) is 4.70. The molecule has 6 heteroatoms. The number of hydrogen-bond donors (Lipinski definition) is 2. The Hall–Kier alpha value is -2.18. The second kappa shape index (κ2) is 5.67. The molecule has 1 unspecified atom stereocenters. The van der Waals surface area contributed by atoms with Crippen molar-refractivity contribution >= 4 is 0 Å². The Morgan fingerprint density at radius 2 is 2.00 bits per heavy atom. The van der Waals surface area contributed by atoms with Crippen molar-refractivity contribution in [3.05, 3.63) is 59.2 Å². The molecule has 110 valence electrons. The number of hydrogen-bond acceptors (Lipinski definition) is 4.